The number of pyridine rings is 1. The molecule has 1 aromatic heterocycles. The fourth-order valence-corrected chi connectivity index (χ4v) is 2.68. The van der Waals surface area contributed by atoms with Crippen LogP contribution >= 0.6 is 0 Å². The fourth-order valence-electron chi connectivity index (χ4n) is 2.68. The molecular formula is C15H23N3O. The minimum Gasteiger partial charge on any atom is -0.338 e. The normalized spacial score (nSPS) is 16.3. The molecule has 0 spiro atoms. The van der Waals surface area contributed by atoms with Crippen LogP contribution in [0.3, 0.4) is 0 Å². The van der Waals surface area contributed by atoms with Crippen LogP contribution in [0.2, 0.25) is 0 Å². The second kappa shape index (κ2) is 6.15. The average molecular weight is 261 g/mol. The lowest BCUT2D eigenvalue weighted by atomic mass is 9.94. The number of carbonyl (C=O) groups excluding carboxylic acids is 1. The summed E-state index contributed by atoms with van der Waals surface area (Å²) >= 11 is 0. The topological polar surface area (TPSA) is 59.2 Å². The third-order valence-electron chi connectivity index (χ3n) is 3.67. The second-order valence-electron chi connectivity index (χ2n) is 5.68. The predicted molar refractivity (Wildman–Crippen MR) is 75.4 cm³/mol. The number of hydrogen-bond donors (Lipinski definition) is 1. The molecule has 2 N–H and O–H groups in total. The van der Waals surface area contributed by atoms with E-state index in [9.17, 15) is 4.79 Å². The third-order valence-corrected chi connectivity index (χ3v) is 3.67. The van der Waals surface area contributed by atoms with Crippen LogP contribution in [0.1, 0.15) is 31.5 Å². The van der Waals surface area contributed by atoms with E-state index in [1.807, 2.05) is 17.2 Å². The average Bonchev–Trinajstić information content (AvgIpc) is 2.43. The molecule has 0 aromatic carbocycles. The molecule has 1 amide bonds. The standard InChI is InChI=1S/C15H23N3O/c1-11(2)8-13(9-16)15(19)18-7-5-14-12(10-18)4-3-6-17-14/h3-4,6,11,13H,5,7-10,16H2,1-2H3. The van der Waals surface area contributed by atoms with Gasteiger partial charge in [-0.25, -0.2) is 0 Å². The van der Waals surface area contributed by atoms with Crippen LogP contribution in [0.4, 0.5) is 0 Å². The molecule has 0 saturated heterocycles. The number of hydrogen-bond acceptors (Lipinski definition) is 3. The lowest BCUT2D eigenvalue weighted by molar-refractivity contribution is -0.136. The van der Waals surface area contributed by atoms with Crippen molar-refractivity contribution in [2.45, 2.75) is 33.2 Å². The Bertz CT molecular complexity index is 445. The Labute approximate surface area is 115 Å². The number of nitrogens with zero attached hydrogens (tertiary/aromatic N) is 2. The minimum atomic E-state index is -0.0433. The van der Waals surface area contributed by atoms with E-state index in [2.05, 4.69) is 24.9 Å². The summed E-state index contributed by atoms with van der Waals surface area (Å²) in [6.07, 6.45) is 3.53. The third kappa shape index (κ3) is 3.32. The lowest BCUT2D eigenvalue weighted by Crippen LogP contribution is -2.42. The van der Waals surface area contributed by atoms with Crippen LogP contribution in [0, 0.1) is 11.8 Å². The Morgan fingerprint density at radius 1 is 1.53 bits per heavy atom. The lowest BCUT2D eigenvalue weighted by Gasteiger charge is -2.31. The molecule has 0 radical (unpaired) electrons. The highest BCUT2D eigenvalue weighted by atomic mass is 16.2. The van der Waals surface area contributed by atoms with Crippen LogP contribution in [-0.2, 0) is 17.8 Å². The first-order valence-electron chi connectivity index (χ1n) is 7.03. The quantitative estimate of drug-likeness (QED) is 0.895. The van der Waals surface area contributed by atoms with Crippen molar-refractivity contribution in [1.82, 2.24) is 9.88 Å². The zero-order valence-electron chi connectivity index (χ0n) is 11.8. The molecule has 0 saturated carbocycles. The summed E-state index contributed by atoms with van der Waals surface area (Å²) in [6.45, 7) is 6.14. The Kier molecular flexibility index (Phi) is 4.53. The van der Waals surface area contributed by atoms with Crippen LogP contribution < -0.4 is 5.73 Å². The molecule has 19 heavy (non-hydrogen) atoms. The van der Waals surface area contributed by atoms with Crippen molar-refractivity contribution in [3.63, 3.8) is 0 Å². The number of carbonyl (C=O) groups is 1. The maximum Gasteiger partial charge on any atom is 0.227 e. The number of fused-ring (bicyclic) bond motifs is 1. The predicted octanol–water partition coefficient (Wildman–Crippen LogP) is 1.59. The van der Waals surface area contributed by atoms with Crippen molar-refractivity contribution < 1.29 is 4.79 Å². The van der Waals surface area contributed by atoms with E-state index in [0.717, 1.165) is 25.1 Å². The Balaban J connectivity index is 2.05. The zero-order chi connectivity index (χ0) is 13.8. The first-order valence-corrected chi connectivity index (χ1v) is 7.03. The summed E-state index contributed by atoms with van der Waals surface area (Å²) in [5.74, 6) is 0.653. The summed E-state index contributed by atoms with van der Waals surface area (Å²) in [5, 5.41) is 0. The smallest absolute Gasteiger partial charge is 0.227 e. The van der Waals surface area contributed by atoms with Gasteiger partial charge in [0.05, 0.1) is 5.92 Å². The Hall–Kier alpha value is -1.42. The fraction of sp³-hybridized carbons (Fsp3) is 0.600. The van der Waals surface area contributed by atoms with Crippen molar-refractivity contribution in [1.29, 1.82) is 0 Å². The highest BCUT2D eigenvalue weighted by molar-refractivity contribution is 5.79. The van der Waals surface area contributed by atoms with E-state index in [0.29, 0.717) is 19.0 Å². The molecule has 1 atom stereocenters. The summed E-state index contributed by atoms with van der Waals surface area (Å²) in [4.78, 5) is 18.8. The molecule has 4 nitrogen and oxygen atoms in total. The molecule has 2 heterocycles. The van der Waals surface area contributed by atoms with Gasteiger partial charge in [0.25, 0.3) is 0 Å². The van der Waals surface area contributed by atoms with Gasteiger partial charge < -0.3 is 10.6 Å². The van der Waals surface area contributed by atoms with Crippen molar-refractivity contribution in [2.24, 2.45) is 17.6 Å². The molecule has 2 rings (SSSR count). The summed E-state index contributed by atoms with van der Waals surface area (Å²) in [7, 11) is 0. The molecule has 104 valence electrons. The molecule has 0 fully saturated rings. The van der Waals surface area contributed by atoms with Gasteiger partial charge in [0, 0.05) is 37.9 Å². The Morgan fingerprint density at radius 2 is 2.32 bits per heavy atom. The summed E-state index contributed by atoms with van der Waals surface area (Å²) in [6, 6.07) is 3.99. The number of nitrogens with two attached hydrogens (primary N) is 1. The maximum absolute atomic E-state index is 12.5. The van der Waals surface area contributed by atoms with E-state index in [1.54, 1.807) is 0 Å². The van der Waals surface area contributed by atoms with Crippen LogP contribution in [0.5, 0.6) is 0 Å². The van der Waals surface area contributed by atoms with Gasteiger partial charge in [0.1, 0.15) is 0 Å². The molecule has 1 aliphatic heterocycles. The summed E-state index contributed by atoms with van der Waals surface area (Å²) < 4.78 is 0. The van der Waals surface area contributed by atoms with E-state index < -0.39 is 0 Å². The van der Waals surface area contributed by atoms with E-state index in [1.165, 1.54) is 5.56 Å². The SMILES string of the molecule is CC(C)CC(CN)C(=O)N1CCc2ncccc2C1. The van der Waals surface area contributed by atoms with Crippen LogP contribution in [-0.4, -0.2) is 28.9 Å². The molecular weight excluding hydrogens is 238 g/mol. The van der Waals surface area contributed by atoms with Gasteiger partial charge in [0.15, 0.2) is 0 Å². The molecule has 0 aliphatic carbocycles. The highest BCUT2D eigenvalue weighted by Gasteiger charge is 2.27. The van der Waals surface area contributed by atoms with Gasteiger partial charge in [-0.1, -0.05) is 19.9 Å². The van der Waals surface area contributed by atoms with E-state index in [4.69, 9.17) is 5.73 Å². The van der Waals surface area contributed by atoms with E-state index in [-0.39, 0.29) is 11.8 Å². The first kappa shape index (κ1) is 14.0. The monoisotopic (exact) mass is 261 g/mol. The zero-order valence-corrected chi connectivity index (χ0v) is 11.8. The second-order valence-corrected chi connectivity index (χ2v) is 5.68. The van der Waals surface area contributed by atoms with Crippen molar-refractivity contribution in [2.75, 3.05) is 13.1 Å². The van der Waals surface area contributed by atoms with Crippen molar-refractivity contribution in [3.8, 4) is 0 Å². The van der Waals surface area contributed by atoms with Crippen molar-refractivity contribution >= 4 is 5.91 Å². The molecule has 1 aromatic rings. The number of aromatic nitrogens is 1. The van der Waals surface area contributed by atoms with Gasteiger partial charge in [0.2, 0.25) is 5.91 Å². The van der Waals surface area contributed by atoms with Crippen LogP contribution in [0.15, 0.2) is 18.3 Å². The number of amides is 1. The highest BCUT2D eigenvalue weighted by Crippen LogP contribution is 2.20. The van der Waals surface area contributed by atoms with Gasteiger partial charge in [-0.2, -0.15) is 0 Å². The van der Waals surface area contributed by atoms with Gasteiger partial charge >= 0.3 is 0 Å². The Morgan fingerprint density at radius 3 is 3.00 bits per heavy atom. The maximum atomic E-state index is 12.5. The minimum absolute atomic E-state index is 0.0433. The van der Waals surface area contributed by atoms with Gasteiger partial charge in [-0.15, -0.1) is 0 Å². The van der Waals surface area contributed by atoms with Gasteiger partial charge in [-0.3, -0.25) is 9.78 Å². The number of rotatable bonds is 4. The van der Waals surface area contributed by atoms with Crippen LogP contribution in [0.25, 0.3) is 0 Å². The molecule has 0 bridgehead atoms. The molecule has 4 heteroatoms. The summed E-state index contributed by atoms with van der Waals surface area (Å²) in [5.41, 5.74) is 8.06. The largest absolute Gasteiger partial charge is 0.338 e. The molecule has 1 unspecified atom stereocenters. The first-order chi connectivity index (χ1) is 9.11. The van der Waals surface area contributed by atoms with Gasteiger partial charge in [-0.05, 0) is 24.0 Å². The molecule has 1 aliphatic rings. The van der Waals surface area contributed by atoms with Crippen molar-refractivity contribution in [3.05, 3.63) is 29.6 Å². The van der Waals surface area contributed by atoms with E-state index >= 15 is 0 Å².